The summed E-state index contributed by atoms with van der Waals surface area (Å²) in [6.07, 6.45) is 5.60. The van der Waals surface area contributed by atoms with Crippen molar-refractivity contribution in [3.8, 4) is 5.75 Å². The van der Waals surface area contributed by atoms with Crippen LogP contribution in [0.2, 0.25) is 0 Å². The predicted molar refractivity (Wildman–Crippen MR) is 94.9 cm³/mol. The standard InChI is InChI=1S/C19H25NOS.ClH/c1-2-11-20(12-10-17-6-4-13-22-17)16-8-9-18-15(14-16)5-3-7-19(18)21;/h3-7,13,16,21H,2,8-12,14H2,1H3;1H/t16-;/m0./s1. The number of halogens is 1. The van der Waals surface area contributed by atoms with Gasteiger partial charge in [-0.1, -0.05) is 25.1 Å². The van der Waals surface area contributed by atoms with Crippen molar-refractivity contribution in [1.29, 1.82) is 0 Å². The lowest BCUT2D eigenvalue weighted by Crippen LogP contribution is -3.00. The van der Waals surface area contributed by atoms with E-state index in [4.69, 9.17) is 0 Å². The van der Waals surface area contributed by atoms with Crippen LogP contribution in [0.25, 0.3) is 0 Å². The van der Waals surface area contributed by atoms with Gasteiger partial charge in [-0.3, -0.25) is 4.90 Å². The average Bonchev–Trinajstić information content (AvgIpc) is 3.05. The van der Waals surface area contributed by atoms with Crippen LogP contribution in [0.3, 0.4) is 0 Å². The number of rotatable bonds is 6. The largest absolute Gasteiger partial charge is 1.00 e. The van der Waals surface area contributed by atoms with E-state index >= 15 is 0 Å². The third-order valence-corrected chi connectivity index (χ3v) is 5.62. The Balaban J connectivity index is 0.00000144. The van der Waals surface area contributed by atoms with Gasteiger partial charge in [0, 0.05) is 17.5 Å². The highest BCUT2D eigenvalue weighted by molar-refractivity contribution is 7.09. The number of hydrogen-bond acceptors (Lipinski definition) is 3. The maximum Gasteiger partial charge on any atom is 1.00 e. The van der Waals surface area contributed by atoms with E-state index in [1.807, 2.05) is 23.5 Å². The molecule has 1 aliphatic rings. The molecule has 1 heterocycles. The summed E-state index contributed by atoms with van der Waals surface area (Å²) in [6.45, 7) is 4.58. The van der Waals surface area contributed by atoms with Crippen molar-refractivity contribution in [3.05, 3.63) is 51.7 Å². The molecule has 0 saturated heterocycles. The van der Waals surface area contributed by atoms with E-state index in [1.165, 1.54) is 29.0 Å². The smallest absolute Gasteiger partial charge is 1.00 e. The van der Waals surface area contributed by atoms with Crippen molar-refractivity contribution in [1.82, 2.24) is 4.90 Å². The lowest BCUT2D eigenvalue weighted by molar-refractivity contribution is -0.00000558. The van der Waals surface area contributed by atoms with Gasteiger partial charge in [0.05, 0.1) is 0 Å². The van der Waals surface area contributed by atoms with Gasteiger partial charge in [-0.25, -0.2) is 0 Å². The first kappa shape index (κ1) is 18.3. The van der Waals surface area contributed by atoms with E-state index in [1.54, 1.807) is 0 Å². The van der Waals surface area contributed by atoms with Crippen molar-refractivity contribution in [2.24, 2.45) is 0 Å². The maximum atomic E-state index is 10.0. The Kier molecular flexibility index (Phi) is 6.94. The number of phenolic OH excluding ortho intramolecular Hbond substituents is 1. The number of hydrogen-bond donors (Lipinski definition) is 1. The summed E-state index contributed by atoms with van der Waals surface area (Å²) >= 11 is 1.86. The lowest BCUT2D eigenvalue weighted by Gasteiger charge is -2.35. The van der Waals surface area contributed by atoms with E-state index < -0.39 is 0 Å². The fourth-order valence-electron chi connectivity index (χ4n) is 3.55. The first-order chi connectivity index (χ1) is 10.8. The van der Waals surface area contributed by atoms with Crippen molar-refractivity contribution < 1.29 is 18.9 Å². The zero-order valence-corrected chi connectivity index (χ0v) is 15.2. The number of nitrogens with zero attached hydrogens (tertiary/aromatic N) is 1. The van der Waals surface area contributed by atoms with E-state index in [-0.39, 0.29) is 13.8 Å². The predicted octanol–water partition coefficient (Wildman–Crippen LogP) is 1.38. The topological polar surface area (TPSA) is 23.5 Å². The van der Waals surface area contributed by atoms with Crippen molar-refractivity contribution in [3.63, 3.8) is 0 Å². The van der Waals surface area contributed by atoms with Gasteiger partial charge in [-0.2, -0.15) is 0 Å². The van der Waals surface area contributed by atoms with Crippen LogP contribution in [-0.4, -0.2) is 29.1 Å². The van der Waals surface area contributed by atoms with Gasteiger partial charge in [0.15, 0.2) is 0 Å². The molecule has 2 nitrogen and oxygen atoms in total. The van der Waals surface area contributed by atoms with Gasteiger partial charge < -0.3 is 17.5 Å². The van der Waals surface area contributed by atoms with Crippen molar-refractivity contribution in [2.75, 3.05) is 13.1 Å². The van der Waals surface area contributed by atoms with E-state index in [2.05, 4.69) is 35.4 Å². The molecule has 2 aromatic rings. The second-order valence-corrected chi connectivity index (χ2v) is 7.21. The lowest BCUT2D eigenvalue weighted by atomic mass is 9.86. The fraction of sp³-hybridized carbons (Fsp3) is 0.474. The molecule has 0 fully saturated rings. The molecule has 3 rings (SSSR count). The third-order valence-electron chi connectivity index (χ3n) is 4.68. The molecule has 1 aromatic heterocycles. The van der Waals surface area contributed by atoms with Crippen LogP contribution in [0.4, 0.5) is 0 Å². The third kappa shape index (κ3) is 4.50. The SMILES string of the molecule is CCCN(CCc1cccs1)[C@H]1CCc2c(O)cccc2C1.[Cl-].[H+]. The minimum absolute atomic E-state index is 0. The van der Waals surface area contributed by atoms with Gasteiger partial charge in [0.1, 0.15) is 5.75 Å². The Hall–Kier alpha value is -1.03. The molecule has 0 radical (unpaired) electrons. The van der Waals surface area contributed by atoms with Gasteiger partial charge in [-0.05, 0) is 67.3 Å². The Morgan fingerprint density at radius 2 is 2.13 bits per heavy atom. The van der Waals surface area contributed by atoms with E-state index in [0.29, 0.717) is 11.8 Å². The van der Waals surface area contributed by atoms with Crippen LogP contribution in [0.15, 0.2) is 35.7 Å². The Labute approximate surface area is 151 Å². The molecule has 1 N–H and O–H groups in total. The molecule has 0 spiro atoms. The summed E-state index contributed by atoms with van der Waals surface area (Å²) in [7, 11) is 0. The van der Waals surface area contributed by atoms with Gasteiger partial charge in [0.2, 0.25) is 0 Å². The Bertz CT molecular complexity index is 605. The highest BCUT2D eigenvalue weighted by Gasteiger charge is 2.25. The first-order valence-corrected chi connectivity index (χ1v) is 9.22. The van der Waals surface area contributed by atoms with E-state index in [9.17, 15) is 5.11 Å². The number of fused-ring (bicyclic) bond motifs is 1. The molecule has 0 bridgehead atoms. The molecule has 1 atom stereocenters. The highest BCUT2D eigenvalue weighted by atomic mass is 35.5. The van der Waals surface area contributed by atoms with Crippen molar-refractivity contribution >= 4 is 11.3 Å². The average molecular weight is 352 g/mol. The minimum Gasteiger partial charge on any atom is -1.00 e. The van der Waals surface area contributed by atoms with Gasteiger partial charge in [0.25, 0.3) is 0 Å². The number of aromatic hydroxyl groups is 1. The molecule has 1 aliphatic carbocycles. The molecule has 126 valence electrons. The Morgan fingerprint density at radius 3 is 2.87 bits per heavy atom. The molecular formula is C19H26ClNOS. The van der Waals surface area contributed by atoms with Crippen LogP contribution in [0.1, 0.15) is 37.2 Å². The van der Waals surface area contributed by atoms with Crippen LogP contribution in [-0.2, 0) is 19.3 Å². The number of phenols is 1. The molecule has 0 aliphatic heterocycles. The number of benzene rings is 1. The summed E-state index contributed by atoms with van der Waals surface area (Å²) < 4.78 is 0. The zero-order valence-electron chi connectivity index (χ0n) is 14.7. The summed E-state index contributed by atoms with van der Waals surface area (Å²) in [4.78, 5) is 4.14. The molecule has 1 aromatic carbocycles. The highest BCUT2D eigenvalue weighted by Crippen LogP contribution is 2.30. The quantitative estimate of drug-likeness (QED) is 0.850. The summed E-state index contributed by atoms with van der Waals surface area (Å²) in [6, 6.07) is 11.0. The molecule has 0 unspecified atom stereocenters. The minimum atomic E-state index is 0. The molecule has 4 heteroatoms. The normalized spacial score (nSPS) is 16.9. The van der Waals surface area contributed by atoms with E-state index in [0.717, 1.165) is 32.2 Å². The second-order valence-electron chi connectivity index (χ2n) is 6.18. The maximum absolute atomic E-state index is 10.0. The van der Waals surface area contributed by atoms with Crippen LogP contribution in [0, 0.1) is 0 Å². The Morgan fingerprint density at radius 1 is 1.26 bits per heavy atom. The molecule has 0 saturated carbocycles. The summed E-state index contributed by atoms with van der Waals surface area (Å²) in [5, 5.41) is 12.2. The first-order valence-electron chi connectivity index (χ1n) is 8.34. The zero-order chi connectivity index (χ0) is 15.4. The van der Waals surface area contributed by atoms with Gasteiger partial charge >= 0.3 is 1.43 Å². The van der Waals surface area contributed by atoms with Crippen LogP contribution >= 0.6 is 11.3 Å². The molecule has 23 heavy (non-hydrogen) atoms. The monoisotopic (exact) mass is 351 g/mol. The second kappa shape index (κ2) is 8.72. The van der Waals surface area contributed by atoms with Crippen molar-refractivity contribution in [2.45, 2.75) is 45.1 Å². The van der Waals surface area contributed by atoms with Gasteiger partial charge in [-0.15, -0.1) is 11.3 Å². The number of thiophene rings is 1. The fourth-order valence-corrected chi connectivity index (χ4v) is 4.25. The van der Waals surface area contributed by atoms with Crippen LogP contribution in [0.5, 0.6) is 5.75 Å². The van der Waals surface area contributed by atoms with Crippen LogP contribution < -0.4 is 12.4 Å². The summed E-state index contributed by atoms with van der Waals surface area (Å²) in [5.74, 6) is 0.483. The molecular weight excluding hydrogens is 326 g/mol. The molecule has 0 amide bonds. The summed E-state index contributed by atoms with van der Waals surface area (Å²) in [5.41, 5.74) is 2.52.